The molecule has 3 rings (SSSR count). The molecule has 2 aromatic rings. The zero-order valence-electron chi connectivity index (χ0n) is 17.8. The van der Waals surface area contributed by atoms with Gasteiger partial charge in [0, 0.05) is 61.3 Å². The molecule has 10 heteroatoms. The van der Waals surface area contributed by atoms with Crippen LogP contribution in [0.3, 0.4) is 0 Å². The van der Waals surface area contributed by atoms with Gasteiger partial charge in [0.05, 0.1) is 4.92 Å². The number of anilines is 2. The van der Waals surface area contributed by atoms with E-state index in [1.165, 1.54) is 18.2 Å². The molecule has 0 aliphatic carbocycles. The van der Waals surface area contributed by atoms with Gasteiger partial charge in [-0.2, -0.15) is 0 Å². The third-order valence-corrected chi connectivity index (χ3v) is 5.63. The van der Waals surface area contributed by atoms with E-state index < -0.39 is 16.7 Å². The average Bonchev–Trinajstić information content (AvgIpc) is 2.78. The van der Waals surface area contributed by atoms with Gasteiger partial charge >= 0.3 is 11.8 Å². The van der Waals surface area contributed by atoms with Crippen LogP contribution in [0.15, 0.2) is 42.5 Å². The molecular weight excluding hydrogens is 434 g/mol. The van der Waals surface area contributed by atoms with Crippen LogP contribution in [-0.4, -0.2) is 60.9 Å². The third-order valence-electron chi connectivity index (χ3n) is 5.38. The lowest BCUT2D eigenvalue weighted by Crippen LogP contribution is -2.47. The summed E-state index contributed by atoms with van der Waals surface area (Å²) in [6, 6.07) is 11.9. The molecule has 1 heterocycles. The second kappa shape index (κ2) is 10.9. The van der Waals surface area contributed by atoms with E-state index in [0.29, 0.717) is 17.8 Å². The summed E-state index contributed by atoms with van der Waals surface area (Å²) in [6.45, 7) is 6.55. The van der Waals surface area contributed by atoms with Gasteiger partial charge in [-0.1, -0.05) is 11.6 Å². The Kier molecular flexibility index (Phi) is 8.02. The third kappa shape index (κ3) is 6.41. The fourth-order valence-corrected chi connectivity index (χ4v) is 3.67. The molecule has 0 spiro atoms. The molecule has 32 heavy (non-hydrogen) atoms. The van der Waals surface area contributed by atoms with E-state index in [1.807, 2.05) is 24.3 Å². The Morgan fingerprint density at radius 1 is 1.06 bits per heavy atom. The SMILES string of the molecule is Cc1cc([N+](=O)[O-])ccc1NC(=O)C(=O)NCCCN1CCN(c2ccc(Cl)cc2)CC1. The van der Waals surface area contributed by atoms with Crippen molar-refractivity contribution in [3.05, 3.63) is 63.2 Å². The number of nitro groups is 1. The number of nitrogens with zero attached hydrogens (tertiary/aromatic N) is 3. The van der Waals surface area contributed by atoms with Gasteiger partial charge in [-0.25, -0.2) is 0 Å². The molecule has 2 amide bonds. The lowest BCUT2D eigenvalue weighted by molar-refractivity contribution is -0.384. The Morgan fingerprint density at radius 3 is 2.38 bits per heavy atom. The lowest BCUT2D eigenvalue weighted by Gasteiger charge is -2.36. The minimum atomic E-state index is -0.793. The zero-order valence-corrected chi connectivity index (χ0v) is 18.6. The lowest BCUT2D eigenvalue weighted by atomic mass is 10.2. The second-order valence-electron chi connectivity index (χ2n) is 7.63. The summed E-state index contributed by atoms with van der Waals surface area (Å²) in [7, 11) is 0. The van der Waals surface area contributed by atoms with E-state index in [-0.39, 0.29) is 5.69 Å². The monoisotopic (exact) mass is 459 g/mol. The van der Waals surface area contributed by atoms with Crippen LogP contribution in [0.2, 0.25) is 5.02 Å². The standard InChI is InChI=1S/C22H26ClN5O4/c1-16-15-19(28(31)32)7-8-20(16)25-22(30)21(29)24-9-2-10-26-11-13-27(14-12-26)18-5-3-17(23)4-6-18/h3-8,15H,2,9-14H2,1H3,(H,24,29)(H,25,30). The quantitative estimate of drug-likeness (QED) is 0.285. The van der Waals surface area contributed by atoms with Crippen molar-refractivity contribution in [1.29, 1.82) is 0 Å². The number of nitro benzene ring substituents is 1. The molecule has 0 saturated carbocycles. The van der Waals surface area contributed by atoms with Crippen LogP contribution in [-0.2, 0) is 9.59 Å². The fraction of sp³-hybridized carbons (Fsp3) is 0.364. The Labute approximate surface area is 191 Å². The number of benzene rings is 2. The topological polar surface area (TPSA) is 108 Å². The number of halogens is 1. The van der Waals surface area contributed by atoms with E-state index in [0.717, 1.165) is 49.9 Å². The number of amides is 2. The highest BCUT2D eigenvalue weighted by Gasteiger charge is 2.18. The van der Waals surface area contributed by atoms with Crippen molar-refractivity contribution in [2.24, 2.45) is 0 Å². The molecule has 2 N–H and O–H groups in total. The van der Waals surface area contributed by atoms with Crippen LogP contribution in [0.1, 0.15) is 12.0 Å². The van der Waals surface area contributed by atoms with Crippen molar-refractivity contribution < 1.29 is 14.5 Å². The molecule has 0 unspecified atom stereocenters. The van der Waals surface area contributed by atoms with Crippen LogP contribution in [0.25, 0.3) is 0 Å². The highest BCUT2D eigenvalue weighted by molar-refractivity contribution is 6.39. The normalized spacial score (nSPS) is 14.1. The molecule has 0 atom stereocenters. The van der Waals surface area contributed by atoms with E-state index >= 15 is 0 Å². The fourth-order valence-electron chi connectivity index (χ4n) is 3.55. The minimum Gasteiger partial charge on any atom is -0.369 e. The Balaban J connectivity index is 1.35. The summed E-state index contributed by atoms with van der Waals surface area (Å²) in [4.78, 5) is 39.1. The number of piperazine rings is 1. The maximum absolute atomic E-state index is 12.1. The van der Waals surface area contributed by atoms with Crippen LogP contribution in [0, 0.1) is 17.0 Å². The zero-order chi connectivity index (χ0) is 23.1. The van der Waals surface area contributed by atoms with Gasteiger partial charge in [-0.3, -0.25) is 24.6 Å². The maximum atomic E-state index is 12.1. The molecule has 170 valence electrons. The Hall–Kier alpha value is -3.17. The van der Waals surface area contributed by atoms with Gasteiger partial charge in [0.2, 0.25) is 0 Å². The molecular formula is C22H26ClN5O4. The largest absolute Gasteiger partial charge is 0.369 e. The number of aryl methyl sites for hydroxylation is 1. The van der Waals surface area contributed by atoms with Crippen LogP contribution >= 0.6 is 11.6 Å². The van der Waals surface area contributed by atoms with E-state index in [9.17, 15) is 19.7 Å². The molecule has 9 nitrogen and oxygen atoms in total. The van der Waals surface area contributed by atoms with Gasteiger partial charge < -0.3 is 15.5 Å². The molecule has 1 aliphatic heterocycles. The van der Waals surface area contributed by atoms with Crippen LogP contribution in [0.5, 0.6) is 0 Å². The summed E-state index contributed by atoms with van der Waals surface area (Å²) in [5.74, 6) is -1.52. The molecule has 1 saturated heterocycles. The predicted octanol–water partition coefficient (Wildman–Crippen LogP) is 2.82. The van der Waals surface area contributed by atoms with Gasteiger partial charge in [0.25, 0.3) is 5.69 Å². The van der Waals surface area contributed by atoms with Crippen molar-refractivity contribution in [3.8, 4) is 0 Å². The summed E-state index contributed by atoms with van der Waals surface area (Å²) >= 11 is 5.95. The first kappa shape index (κ1) is 23.5. The summed E-state index contributed by atoms with van der Waals surface area (Å²) in [5, 5.41) is 16.6. The first-order valence-electron chi connectivity index (χ1n) is 10.4. The smallest absolute Gasteiger partial charge is 0.313 e. The molecule has 0 radical (unpaired) electrons. The maximum Gasteiger partial charge on any atom is 0.313 e. The number of hydrogen-bond donors (Lipinski definition) is 2. The Bertz CT molecular complexity index is 975. The van der Waals surface area contributed by atoms with Gasteiger partial charge in [0.1, 0.15) is 0 Å². The van der Waals surface area contributed by atoms with Crippen LogP contribution in [0.4, 0.5) is 17.1 Å². The number of rotatable bonds is 7. The Morgan fingerprint density at radius 2 is 1.75 bits per heavy atom. The minimum absolute atomic E-state index is 0.0704. The van der Waals surface area contributed by atoms with E-state index in [1.54, 1.807) is 6.92 Å². The van der Waals surface area contributed by atoms with Gasteiger partial charge in [-0.15, -0.1) is 0 Å². The van der Waals surface area contributed by atoms with Crippen molar-refractivity contribution >= 4 is 40.5 Å². The summed E-state index contributed by atoms with van der Waals surface area (Å²) in [5.41, 5.74) is 1.97. The second-order valence-corrected chi connectivity index (χ2v) is 8.06. The first-order chi connectivity index (χ1) is 15.3. The van der Waals surface area contributed by atoms with Crippen molar-refractivity contribution in [1.82, 2.24) is 10.2 Å². The van der Waals surface area contributed by atoms with Crippen molar-refractivity contribution in [3.63, 3.8) is 0 Å². The predicted molar refractivity (Wildman–Crippen MR) is 124 cm³/mol. The summed E-state index contributed by atoms with van der Waals surface area (Å²) < 4.78 is 0. The highest BCUT2D eigenvalue weighted by atomic mass is 35.5. The average molecular weight is 460 g/mol. The molecule has 2 aromatic carbocycles. The number of carbonyl (C=O) groups excluding carboxylic acids is 2. The van der Waals surface area contributed by atoms with E-state index in [4.69, 9.17) is 11.6 Å². The molecule has 1 aliphatic rings. The van der Waals surface area contributed by atoms with Crippen molar-refractivity contribution in [2.45, 2.75) is 13.3 Å². The van der Waals surface area contributed by atoms with Gasteiger partial charge in [-0.05, 0) is 55.8 Å². The summed E-state index contributed by atoms with van der Waals surface area (Å²) in [6.07, 6.45) is 0.733. The molecule has 1 fully saturated rings. The van der Waals surface area contributed by atoms with E-state index in [2.05, 4.69) is 20.4 Å². The first-order valence-corrected chi connectivity index (χ1v) is 10.8. The number of carbonyl (C=O) groups is 2. The van der Waals surface area contributed by atoms with Crippen molar-refractivity contribution in [2.75, 3.05) is 49.5 Å². The van der Waals surface area contributed by atoms with Crippen LogP contribution < -0.4 is 15.5 Å². The highest BCUT2D eigenvalue weighted by Crippen LogP contribution is 2.21. The molecule has 0 aromatic heterocycles. The van der Waals surface area contributed by atoms with Gasteiger partial charge in [0.15, 0.2) is 0 Å². The number of hydrogen-bond acceptors (Lipinski definition) is 6. The number of non-ortho nitro benzene ring substituents is 1. The number of nitrogens with one attached hydrogen (secondary N) is 2. The molecule has 0 bridgehead atoms.